The Morgan fingerprint density at radius 2 is 1.85 bits per heavy atom. The monoisotopic (exact) mass is 277 g/mol. The lowest BCUT2D eigenvalue weighted by molar-refractivity contribution is 0.0982. The van der Waals surface area contributed by atoms with E-state index in [9.17, 15) is 5.11 Å². The summed E-state index contributed by atoms with van der Waals surface area (Å²) in [5, 5.41) is 13.1. The molecule has 0 saturated heterocycles. The third-order valence-corrected chi connectivity index (χ3v) is 2.46. The average Bonchev–Trinajstić information content (AvgIpc) is 2.40. The van der Waals surface area contributed by atoms with Gasteiger partial charge < -0.3 is 19.9 Å². The number of nitrogens with one attached hydrogen (secondary N) is 1. The van der Waals surface area contributed by atoms with Gasteiger partial charge in [-0.05, 0) is 32.9 Å². The standard InChI is InChI=1S/C16H23NO3/c1-5-10-19-14-8-6-7-9-15(14)20-12-13(18)11-17-16(2,3)4/h1,6-9,13,17-18H,10-12H2,2-4H3/t13-/m0/s1. The lowest BCUT2D eigenvalue weighted by atomic mass is 10.1. The van der Waals surface area contributed by atoms with Crippen LogP contribution in [0.25, 0.3) is 0 Å². The van der Waals surface area contributed by atoms with Crippen molar-refractivity contribution in [2.75, 3.05) is 19.8 Å². The van der Waals surface area contributed by atoms with E-state index in [2.05, 4.69) is 11.2 Å². The van der Waals surface area contributed by atoms with Gasteiger partial charge in [0.05, 0.1) is 0 Å². The number of hydrogen-bond acceptors (Lipinski definition) is 4. The van der Waals surface area contributed by atoms with Crippen LogP contribution in [0.3, 0.4) is 0 Å². The highest BCUT2D eigenvalue weighted by atomic mass is 16.5. The quantitative estimate of drug-likeness (QED) is 0.747. The van der Waals surface area contributed by atoms with Crippen molar-refractivity contribution in [3.63, 3.8) is 0 Å². The number of rotatable bonds is 7. The third-order valence-electron chi connectivity index (χ3n) is 2.46. The van der Waals surface area contributed by atoms with Crippen molar-refractivity contribution in [3.05, 3.63) is 24.3 Å². The minimum atomic E-state index is -0.588. The van der Waals surface area contributed by atoms with E-state index in [4.69, 9.17) is 15.9 Å². The van der Waals surface area contributed by atoms with Crippen molar-refractivity contribution in [2.24, 2.45) is 0 Å². The van der Waals surface area contributed by atoms with E-state index < -0.39 is 6.10 Å². The minimum Gasteiger partial charge on any atom is -0.487 e. The summed E-state index contributed by atoms with van der Waals surface area (Å²) in [6.45, 7) is 6.99. The molecule has 0 amide bonds. The van der Waals surface area contributed by atoms with Gasteiger partial charge in [-0.2, -0.15) is 0 Å². The molecular formula is C16H23NO3. The molecule has 0 aromatic heterocycles. The molecule has 0 heterocycles. The Morgan fingerprint density at radius 3 is 2.40 bits per heavy atom. The molecule has 0 aliphatic carbocycles. The normalized spacial score (nSPS) is 12.6. The topological polar surface area (TPSA) is 50.7 Å². The van der Waals surface area contributed by atoms with Crippen molar-refractivity contribution >= 4 is 0 Å². The third kappa shape index (κ3) is 6.46. The Bertz CT molecular complexity index is 446. The summed E-state index contributed by atoms with van der Waals surface area (Å²) in [5.74, 6) is 3.57. The Labute approximate surface area is 121 Å². The summed E-state index contributed by atoms with van der Waals surface area (Å²) in [4.78, 5) is 0. The fraction of sp³-hybridized carbons (Fsp3) is 0.500. The van der Waals surface area contributed by atoms with Crippen molar-refractivity contribution in [1.82, 2.24) is 5.32 Å². The molecule has 1 aromatic carbocycles. The van der Waals surface area contributed by atoms with Gasteiger partial charge in [-0.1, -0.05) is 18.1 Å². The first-order chi connectivity index (χ1) is 9.42. The summed E-state index contributed by atoms with van der Waals surface area (Å²) in [7, 11) is 0. The van der Waals surface area contributed by atoms with E-state index in [1.807, 2.05) is 32.9 Å². The van der Waals surface area contributed by atoms with Gasteiger partial charge in [0.2, 0.25) is 0 Å². The predicted octanol–water partition coefficient (Wildman–Crippen LogP) is 1.83. The van der Waals surface area contributed by atoms with Gasteiger partial charge in [0, 0.05) is 12.1 Å². The molecule has 0 saturated carbocycles. The van der Waals surface area contributed by atoms with E-state index in [1.165, 1.54) is 0 Å². The summed E-state index contributed by atoms with van der Waals surface area (Å²) < 4.78 is 11.0. The molecule has 2 N–H and O–H groups in total. The van der Waals surface area contributed by atoms with E-state index in [1.54, 1.807) is 12.1 Å². The Morgan fingerprint density at radius 1 is 1.25 bits per heavy atom. The molecular weight excluding hydrogens is 254 g/mol. The highest BCUT2D eigenvalue weighted by molar-refractivity contribution is 5.39. The molecule has 1 atom stereocenters. The van der Waals surface area contributed by atoms with Crippen LogP contribution >= 0.6 is 0 Å². The SMILES string of the molecule is C#CCOc1ccccc1OC[C@@H](O)CNC(C)(C)C. The molecule has 0 radical (unpaired) electrons. The number of hydrogen-bond donors (Lipinski definition) is 2. The second-order valence-electron chi connectivity index (χ2n) is 5.54. The smallest absolute Gasteiger partial charge is 0.162 e. The number of β-amino-alcohol motifs (C(OH)–C–C–N with tert-alkyl or cyclic N) is 1. The zero-order valence-electron chi connectivity index (χ0n) is 12.3. The molecule has 1 rings (SSSR count). The Kier molecular flexibility index (Phi) is 6.37. The first-order valence-electron chi connectivity index (χ1n) is 6.63. The summed E-state index contributed by atoms with van der Waals surface area (Å²) >= 11 is 0. The van der Waals surface area contributed by atoms with Gasteiger partial charge in [0.1, 0.15) is 19.3 Å². The highest BCUT2D eigenvalue weighted by Gasteiger charge is 2.13. The van der Waals surface area contributed by atoms with Crippen molar-refractivity contribution in [1.29, 1.82) is 0 Å². The maximum atomic E-state index is 9.88. The van der Waals surface area contributed by atoms with Crippen LogP contribution in [0.5, 0.6) is 11.5 Å². The first-order valence-corrected chi connectivity index (χ1v) is 6.63. The Hall–Kier alpha value is -1.70. The number of terminal acetylenes is 1. The summed E-state index contributed by atoms with van der Waals surface area (Å²) in [6, 6.07) is 7.26. The highest BCUT2D eigenvalue weighted by Crippen LogP contribution is 2.26. The molecule has 110 valence electrons. The molecule has 20 heavy (non-hydrogen) atoms. The van der Waals surface area contributed by atoms with Crippen LogP contribution in [0.15, 0.2) is 24.3 Å². The fourth-order valence-corrected chi connectivity index (χ4v) is 1.48. The number of aliphatic hydroxyl groups is 1. The van der Waals surface area contributed by atoms with Crippen molar-refractivity contribution in [3.8, 4) is 23.8 Å². The van der Waals surface area contributed by atoms with Crippen LogP contribution in [0.4, 0.5) is 0 Å². The van der Waals surface area contributed by atoms with Crippen LogP contribution in [-0.4, -0.2) is 36.5 Å². The lowest BCUT2D eigenvalue weighted by Gasteiger charge is -2.23. The molecule has 1 aromatic rings. The first kappa shape index (κ1) is 16.4. The van der Waals surface area contributed by atoms with E-state index in [0.29, 0.717) is 18.0 Å². The van der Waals surface area contributed by atoms with Crippen molar-refractivity contribution in [2.45, 2.75) is 32.4 Å². The second kappa shape index (κ2) is 7.78. The zero-order valence-corrected chi connectivity index (χ0v) is 12.3. The molecule has 0 spiro atoms. The van der Waals surface area contributed by atoms with E-state index in [0.717, 1.165) is 0 Å². The van der Waals surface area contributed by atoms with Gasteiger partial charge in [0.15, 0.2) is 11.5 Å². The van der Waals surface area contributed by atoms with Crippen LogP contribution in [0, 0.1) is 12.3 Å². The van der Waals surface area contributed by atoms with Crippen LogP contribution < -0.4 is 14.8 Å². The number of aliphatic hydroxyl groups excluding tert-OH is 1. The van der Waals surface area contributed by atoms with Crippen LogP contribution in [-0.2, 0) is 0 Å². The molecule has 0 aliphatic heterocycles. The predicted molar refractivity (Wildman–Crippen MR) is 80.0 cm³/mol. The molecule has 4 nitrogen and oxygen atoms in total. The summed E-state index contributed by atoms with van der Waals surface area (Å²) in [5.41, 5.74) is -0.0329. The van der Waals surface area contributed by atoms with Gasteiger partial charge in [-0.15, -0.1) is 6.42 Å². The van der Waals surface area contributed by atoms with Gasteiger partial charge in [-0.25, -0.2) is 0 Å². The number of para-hydroxylation sites is 2. The van der Waals surface area contributed by atoms with E-state index >= 15 is 0 Å². The van der Waals surface area contributed by atoms with Crippen LogP contribution in [0.1, 0.15) is 20.8 Å². The molecule has 0 unspecified atom stereocenters. The molecule has 0 bridgehead atoms. The number of benzene rings is 1. The van der Waals surface area contributed by atoms with Crippen LogP contribution in [0.2, 0.25) is 0 Å². The lowest BCUT2D eigenvalue weighted by Crippen LogP contribution is -2.42. The van der Waals surface area contributed by atoms with Gasteiger partial charge >= 0.3 is 0 Å². The second-order valence-corrected chi connectivity index (χ2v) is 5.54. The maximum absolute atomic E-state index is 9.88. The van der Waals surface area contributed by atoms with Gasteiger partial charge in [-0.3, -0.25) is 0 Å². The minimum absolute atomic E-state index is 0.0329. The van der Waals surface area contributed by atoms with E-state index in [-0.39, 0.29) is 18.8 Å². The number of ether oxygens (including phenoxy) is 2. The average molecular weight is 277 g/mol. The summed E-state index contributed by atoms with van der Waals surface area (Å²) in [6.07, 6.45) is 4.58. The zero-order chi connectivity index (χ0) is 15.0. The molecule has 0 aliphatic rings. The van der Waals surface area contributed by atoms with Crippen molar-refractivity contribution < 1.29 is 14.6 Å². The largest absolute Gasteiger partial charge is 0.487 e. The van der Waals surface area contributed by atoms with Gasteiger partial charge in [0.25, 0.3) is 0 Å². The maximum Gasteiger partial charge on any atom is 0.162 e. The Balaban J connectivity index is 2.47. The molecule has 4 heteroatoms. The molecule has 0 fully saturated rings. The fourth-order valence-electron chi connectivity index (χ4n) is 1.48.